The van der Waals surface area contributed by atoms with Crippen molar-refractivity contribution in [3.05, 3.63) is 27.3 Å². The number of ether oxygens (including phenoxy) is 2. The van der Waals surface area contributed by atoms with E-state index < -0.39 is 40.5 Å². The fraction of sp³-hybridized carbons (Fsp3) is 0.611. The Morgan fingerprint density at radius 3 is 2.53 bits per heavy atom. The van der Waals surface area contributed by atoms with Crippen molar-refractivity contribution in [2.45, 2.75) is 58.0 Å². The Kier molecular flexibility index (Phi) is 7.27. The first-order chi connectivity index (χ1) is 13.7. The average Bonchev–Trinajstić information content (AvgIpc) is 2.79. The number of anilines is 1. The molecule has 1 atom stereocenters. The van der Waals surface area contributed by atoms with Crippen LogP contribution in [-0.4, -0.2) is 47.0 Å². The van der Waals surface area contributed by atoms with Gasteiger partial charge in [0.25, 0.3) is 5.69 Å². The molecule has 0 aliphatic carbocycles. The Bertz CT molecular complexity index is 798. The average molecular weight is 454 g/mol. The predicted molar refractivity (Wildman–Crippen MR) is 104 cm³/mol. The Balaban J connectivity index is 2.24. The molecule has 0 spiro atoms. The number of alkyl halides is 3. The number of amides is 1. The molecule has 1 aliphatic heterocycles. The van der Waals surface area contributed by atoms with Gasteiger partial charge >= 0.3 is 12.5 Å². The molecule has 0 unspecified atom stereocenters. The first-order valence-corrected chi connectivity index (χ1v) is 9.61. The Morgan fingerprint density at radius 2 is 1.97 bits per heavy atom. The summed E-state index contributed by atoms with van der Waals surface area (Å²) in [6, 6.07) is 1.10. The van der Waals surface area contributed by atoms with Crippen LogP contribution in [0.3, 0.4) is 0 Å². The van der Waals surface area contributed by atoms with Gasteiger partial charge in [0.05, 0.1) is 16.0 Å². The summed E-state index contributed by atoms with van der Waals surface area (Å²) in [6.45, 7) is 5.88. The minimum absolute atomic E-state index is 0.132. The fourth-order valence-electron chi connectivity index (χ4n) is 3.00. The first-order valence-electron chi connectivity index (χ1n) is 9.23. The lowest BCUT2D eigenvalue weighted by Gasteiger charge is -2.29. The lowest BCUT2D eigenvalue weighted by molar-refractivity contribution is -0.384. The molecule has 0 radical (unpaired) electrons. The van der Waals surface area contributed by atoms with Crippen molar-refractivity contribution < 1.29 is 32.4 Å². The van der Waals surface area contributed by atoms with E-state index >= 15 is 0 Å². The van der Waals surface area contributed by atoms with Crippen LogP contribution in [0.5, 0.6) is 5.75 Å². The molecule has 0 saturated carbocycles. The third-order valence-corrected chi connectivity index (χ3v) is 4.44. The third-order valence-electron chi connectivity index (χ3n) is 4.14. The molecule has 0 bridgehead atoms. The highest BCUT2D eigenvalue weighted by atomic mass is 35.5. The van der Waals surface area contributed by atoms with Gasteiger partial charge in [0.2, 0.25) is 0 Å². The molecule has 1 heterocycles. The number of hydrogen-bond donors (Lipinski definition) is 1. The summed E-state index contributed by atoms with van der Waals surface area (Å²) in [5.41, 5.74) is -1.47. The summed E-state index contributed by atoms with van der Waals surface area (Å²) in [6.07, 6.45) is -3.50. The van der Waals surface area contributed by atoms with E-state index in [9.17, 15) is 28.1 Å². The molecule has 1 aromatic rings. The topological polar surface area (TPSA) is 93.9 Å². The number of rotatable bonds is 4. The molecule has 1 saturated heterocycles. The standard InChI is InChI=1S/C18H23ClF3N3O5/c1-17(2,3)30-16(26)24-7-5-4-6-11(10-24)23-15-13(19)8-12(29-18(20,21)22)9-14(15)25(27)28/h8-9,11,23H,4-7,10H2,1-3H3/t11-/m1/s1. The molecule has 1 aliphatic rings. The van der Waals surface area contributed by atoms with Gasteiger partial charge in [-0.1, -0.05) is 11.6 Å². The van der Waals surface area contributed by atoms with Crippen LogP contribution in [0, 0.1) is 10.1 Å². The molecule has 2 rings (SSSR count). The summed E-state index contributed by atoms with van der Waals surface area (Å²) < 4.78 is 46.5. The highest BCUT2D eigenvalue weighted by molar-refractivity contribution is 6.34. The lowest BCUT2D eigenvalue weighted by Crippen LogP contribution is -2.42. The lowest BCUT2D eigenvalue weighted by atomic mass is 10.1. The minimum Gasteiger partial charge on any atom is -0.444 e. The first kappa shape index (κ1) is 23.8. The van der Waals surface area contributed by atoms with Gasteiger partial charge in [-0.25, -0.2) is 4.79 Å². The Morgan fingerprint density at radius 1 is 1.30 bits per heavy atom. The summed E-state index contributed by atoms with van der Waals surface area (Å²) in [5.74, 6) is -0.791. The second-order valence-electron chi connectivity index (χ2n) is 7.87. The highest BCUT2D eigenvalue weighted by Gasteiger charge is 2.33. The number of nitro benzene ring substituents is 1. The maximum atomic E-state index is 12.5. The largest absolute Gasteiger partial charge is 0.573 e. The number of hydrogen-bond acceptors (Lipinski definition) is 6. The van der Waals surface area contributed by atoms with Gasteiger partial charge in [0.15, 0.2) is 0 Å². The van der Waals surface area contributed by atoms with E-state index in [0.717, 1.165) is 12.5 Å². The van der Waals surface area contributed by atoms with Crippen molar-refractivity contribution in [2.75, 3.05) is 18.4 Å². The van der Waals surface area contributed by atoms with Crippen LogP contribution in [0.2, 0.25) is 5.02 Å². The molecular formula is C18H23ClF3N3O5. The number of carbonyl (C=O) groups excluding carboxylic acids is 1. The van der Waals surface area contributed by atoms with Gasteiger partial charge in [0.1, 0.15) is 17.0 Å². The number of halogens is 4. The Hall–Kier alpha value is -2.43. The number of likely N-dealkylation sites (tertiary alicyclic amines) is 1. The van der Waals surface area contributed by atoms with Crippen LogP contribution in [-0.2, 0) is 4.74 Å². The van der Waals surface area contributed by atoms with Crippen molar-refractivity contribution >= 4 is 29.1 Å². The van der Waals surface area contributed by atoms with Crippen molar-refractivity contribution in [3.8, 4) is 5.75 Å². The molecular weight excluding hydrogens is 431 g/mol. The summed E-state index contributed by atoms with van der Waals surface area (Å²) >= 11 is 6.03. The second-order valence-corrected chi connectivity index (χ2v) is 8.27. The molecule has 168 valence electrons. The second kappa shape index (κ2) is 9.15. The van der Waals surface area contributed by atoms with Crippen LogP contribution in [0.25, 0.3) is 0 Å². The van der Waals surface area contributed by atoms with Gasteiger partial charge in [-0.2, -0.15) is 0 Å². The number of benzene rings is 1. The van der Waals surface area contributed by atoms with E-state index in [4.69, 9.17) is 16.3 Å². The van der Waals surface area contributed by atoms with Crippen molar-refractivity contribution in [2.24, 2.45) is 0 Å². The fourth-order valence-corrected chi connectivity index (χ4v) is 3.26. The molecule has 12 heteroatoms. The summed E-state index contributed by atoms with van der Waals surface area (Å²) in [5, 5.41) is 14.0. The van der Waals surface area contributed by atoms with E-state index in [0.29, 0.717) is 25.5 Å². The van der Waals surface area contributed by atoms with E-state index in [2.05, 4.69) is 10.1 Å². The van der Waals surface area contributed by atoms with Crippen LogP contribution in [0.1, 0.15) is 40.0 Å². The van der Waals surface area contributed by atoms with Gasteiger partial charge in [-0.3, -0.25) is 10.1 Å². The van der Waals surface area contributed by atoms with Crippen LogP contribution < -0.4 is 10.1 Å². The maximum absolute atomic E-state index is 12.5. The molecule has 8 nitrogen and oxygen atoms in total. The SMILES string of the molecule is CC(C)(C)OC(=O)N1CCCC[C@@H](Nc2c(Cl)cc(OC(F)(F)F)cc2[N+](=O)[O-])C1. The Labute approximate surface area is 176 Å². The maximum Gasteiger partial charge on any atom is 0.573 e. The zero-order chi connectivity index (χ0) is 22.7. The van der Waals surface area contributed by atoms with Crippen molar-refractivity contribution in [3.63, 3.8) is 0 Å². The van der Waals surface area contributed by atoms with E-state index in [-0.39, 0.29) is 17.3 Å². The van der Waals surface area contributed by atoms with Gasteiger partial charge in [-0.05, 0) is 40.0 Å². The normalized spacial score (nSPS) is 17.8. The number of nitrogens with one attached hydrogen (secondary N) is 1. The predicted octanol–water partition coefficient (Wildman–Crippen LogP) is 5.35. The molecule has 1 fully saturated rings. The van der Waals surface area contributed by atoms with Crippen LogP contribution in [0.4, 0.5) is 29.3 Å². The monoisotopic (exact) mass is 453 g/mol. The molecule has 1 N–H and O–H groups in total. The van der Waals surface area contributed by atoms with Gasteiger partial charge in [0, 0.05) is 25.2 Å². The zero-order valence-electron chi connectivity index (χ0n) is 16.7. The molecule has 1 amide bonds. The number of nitrogens with zero attached hydrogens (tertiary/aromatic N) is 2. The highest BCUT2D eigenvalue weighted by Crippen LogP contribution is 2.39. The van der Waals surface area contributed by atoms with Crippen LogP contribution in [0.15, 0.2) is 12.1 Å². The number of carbonyl (C=O) groups is 1. The smallest absolute Gasteiger partial charge is 0.444 e. The third kappa shape index (κ3) is 7.12. The quantitative estimate of drug-likeness (QED) is 0.488. The van der Waals surface area contributed by atoms with E-state index in [1.54, 1.807) is 20.8 Å². The van der Waals surface area contributed by atoms with Crippen molar-refractivity contribution in [1.82, 2.24) is 4.90 Å². The minimum atomic E-state index is -5.01. The zero-order valence-corrected chi connectivity index (χ0v) is 17.5. The summed E-state index contributed by atoms with van der Waals surface area (Å²) in [7, 11) is 0. The van der Waals surface area contributed by atoms with E-state index in [1.807, 2.05) is 0 Å². The molecule has 30 heavy (non-hydrogen) atoms. The molecule has 1 aromatic carbocycles. The molecule has 0 aromatic heterocycles. The van der Waals surface area contributed by atoms with E-state index in [1.165, 1.54) is 4.90 Å². The summed E-state index contributed by atoms with van der Waals surface area (Å²) in [4.78, 5) is 24.5. The van der Waals surface area contributed by atoms with Gasteiger partial charge in [-0.15, -0.1) is 13.2 Å². The van der Waals surface area contributed by atoms with Gasteiger partial charge < -0.3 is 19.7 Å². The van der Waals surface area contributed by atoms with Crippen LogP contribution >= 0.6 is 11.6 Å². The van der Waals surface area contributed by atoms with Crippen molar-refractivity contribution in [1.29, 1.82) is 0 Å². The number of nitro groups is 1.